The number of rotatable bonds is 5. The third kappa shape index (κ3) is 3.36. The number of nitrogens with zero attached hydrogens (tertiary/aromatic N) is 2. The maximum atomic E-state index is 14.1. The van der Waals surface area contributed by atoms with E-state index in [9.17, 15) is 13.6 Å². The number of nitrogen functional groups attached to an aromatic ring is 1. The zero-order valence-electron chi connectivity index (χ0n) is 11.4. The Morgan fingerprint density at radius 3 is 2.67 bits per heavy atom. The normalized spacial score (nSPS) is 11.4. The molecule has 21 heavy (non-hydrogen) atoms. The Labute approximate surface area is 120 Å². The Kier molecular flexibility index (Phi) is 4.21. The van der Waals surface area contributed by atoms with Crippen molar-refractivity contribution in [2.24, 2.45) is 0 Å². The van der Waals surface area contributed by atoms with Gasteiger partial charge < -0.3 is 10.5 Å². The van der Waals surface area contributed by atoms with Crippen LogP contribution in [0.25, 0.3) is 0 Å². The second-order valence-electron chi connectivity index (χ2n) is 4.42. The van der Waals surface area contributed by atoms with E-state index in [-0.39, 0.29) is 23.6 Å². The van der Waals surface area contributed by atoms with Gasteiger partial charge in [0.1, 0.15) is 6.54 Å². The number of carbonyl (C=O) groups is 1. The number of alkyl halides is 2. The summed E-state index contributed by atoms with van der Waals surface area (Å²) in [7, 11) is 0. The molecule has 5 nitrogen and oxygen atoms in total. The van der Waals surface area contributed by atoms with Gasteiger partial charge in [-0.2, -0.15) is 13.9 Å². The number of halogens is 2. The molecule has 2 rings (SSSR count). The van der Waals surface area contributed by atoms with Crippen molar-refractivity contribution in [2.75, 3.05) is 12.3 Å². The van der Waals surface area contributed by atoms with Gasteiger partial charge in [0.2, 0.25) is 0 Å². The van der Waals surface area contributed by atoms with E-state index in [1.54, 1.807) is 13.0 Å². The molecule has 0 amide bonds. The minimum absolute atomic E-state index is 0.0114. The second-order valence-corrected chi connectivity index (χ2v) is 4.42. The lowest BCUT2D eigenvalue weighted by atomic mass is 10.1. The summed E-state index contributed by atoms with van der Waals surface area (Å²) in [6, 6.07) is 7.39. The largest absolute Gasteiger partial charge is 0.461 e. The summed E-state index contributed by atoms with van der Waals surface area (Å²) in [5.74, 6) is -3.84. The molecule has 0 saturated carbocycles. The fourth-order valence-electron chi connectivity index (χ4n) is 1.85. The average Bonchev–Trinajstić information content (AvgIpc) is 2.80. The molecule has 1 aromatic heterocycles. The van der Waals surface area contributed by atoms with Crippen molar-refractivity contribution >= 4 is 11.7 Å². The summed E-state index contributed by atoms with van der Waals surface area (Å²) in [5, 5.41) is 3.78. The minimum Gasteiger partial charge on any atom is -0.461 e. The molecule has 0 bridgehead atoms. The SMILES string of the molecule is CCOC(=O)c1nn(CC(F)(F)c2ccccc2)cc1N. The van der Waals surface area contributed by atoms with Crippen LogP contribution in [0.5, 0.6) is 0 Å². The molecule has 112 valence electrons. The van der Waals surface area contributed by atoms with E-state index in [0.717, 1.165) is 4.68 Å². The van der Waals surface area contributed by atoms with Gasteiger partial charge in [0.05, 0.1) is 12.3 Å². The fraction of sp³-hybridized carbons (Fsp3) is 0.286. The van der Waals surface area contributed by atoms with E-state index in [1.807, 2.05) is 0 Å². The van der Waals surface area contributed by atoms with Crippen molar-refractivity contribution in [1.82, 2.24) is 9.78 Å². The molecular formula is C14H15F2N3O2. The quantitative estimate of drug-likeness (QED) is 0.860. The Morgan fingerprint density at radius 1 is 1.38 bits per heavy atom. The number of esters is 1. The van der Waals surface area contributed by atoms with Crippen LogP contribution in [0.3, 0.4) is 0 Å². The molecule has 0 atom stereocenters. The maximum absolute atomic E-state index is 14.1. The van der Waals surface area contributed by atoms with Gasteiger partial charge in [-0.3, -0.25) is 4.68 Å². The van der Waals surface area contributed by atoms with Crippen molar-refractivity contribution < 1.29 is 18.3 Å². The third-order valence-electron chi connectivity index (χ3n) is 2.82. The molecule has 0 aliphatic carbocycles. The number of hydrogen-bond donors (Lipinski definition) is 1. The van der Waals surface area contributed by atoms with Crippen molar-refractivity contribution in [1.29, 1.82) is 0 Å². The molecular weight excluding hydrogens is 280 g/mol. The molecule has 2 aromatic rings. The predicted molar refractivity (Wildman–Crippen MR) is 72.9 cm³/mol. The summed E-state index contributed by atoms with van der Waals surface area (Å²) in [4.78, 5) is 11.5. The first-order valence-electron chi connectivity index (χ1n) is 6.37. The van der Waals surface area contributed by atoms with Crippen molar-refractivity contribution in [3.63, 3.8) is 0 Å². The second kappa shape index (κ2) is 5.90. The van der Waals surface area contributed by atoms with Gasteiger partial charge in [-0.05, 0) is 6.92 Å². The van der Waals surface area contributed by atoms with Crippen LogP contribution in [0, 0.1) is 0 Å². The summed E-state index contributed by atoms with van der Waals surface area (Å²) in [5.41, 5.74) is 5.33. The monoisotopic (exact) mass is 295 g/mol. The average molecular weight is 295 g/mol. The standard InChI is InChI=1S/C14H15F2N3O2/c1-2-21-13(20)12-11(17)8-19(18-12)9-14(15,16)10-6-4-3-5-7-10/h3-8H,2,9,17H2,1H3. The number of ether oxygens (including phenoxy) is 1. The molecule has 1 heterocycles. The van der Waals surface area contributed by atoms with Crippen LogP contribution in [-0.2, 0) is 17.2 Å². The Morgan fingerprint density at radius 2 is 2.05 bits per heavy atom. The van der Waals surface area contributed by atoms with E-state index < -0.39 is 18.4 Å². The molecule has 1 aromatic carbocycles. The highest BCUT2D eigenvalue weighted by Gasteiger charge is 2.33. The van der Waals surface area contributed by atoms with Crippen molar-refractivity contribution in [3.8, 4) is 0 Å². The van der Waals surface area contributed by atoms with Crippen molar-refractivity contribution in [2.45, 2.75) is 19.4 Å². The summed E-state index contributed by atoms with van der Waals surface area (Å²) in [6.45, 7) is 1.08. The molecule has 0 radical (unpaired) electrons. The highest BCUT2D eigenvalue weighted by Crippen LogP contribution is 2.29. The van der Waals surface area contributed by atoms with E-state index in [0.29, 0.717) is 0 Å². The summed E-state index contributed by atoms with van der Waals surface area (Å²) < 4.78 is 33.9. The lowest BCUT2D eigenvalue weighted by Crippen LogP contribution is -2.22. The van der Waals surface area contributed by atoms with Crippen LogP contribution in [0.2, 0.25) is 0 Å². The zero-order chi connectivity index (χ0) is 15.5. The smallest absolute Gasteiger partial charge is 0.361 e. The molecule has 0 aliphatic heterocycles. The Balaban J connectivity index is 2.20. The lowest BCUT2D eigenvalue weighted by molar-refractivity contribution is -0.0255. The van der Waals surface area contributed by atoms with Gasteiger partial charge in [0, 0.05) is 11.8 Å². The van der Waals surface area contributed by atoms with E-state index in [2.05, 4.69) is 5.10 Å². The van der Waals surface area contributed by atoms with Crippen LogP contribution in [-0.4, -0.2) is 22.4 Å². The first-order chi connectivity index (χ1) is 9.94. The van der Waals surface area contributed by atoms with Crippen molar-refractivity contribution in [3.05, 3.63) is 47.8 Å². The Hall–Kier alpha value is -2.44. The van der Waals surface area contributed by atoms with E-state index >= 15 is 0 Å². The van der Waals surface area contributed by atoms with E-state index in [4.69, 9.17) is 10.5 Å². The molecule has 0 unspecified atom stereocenters. The molecule has 0 spiro atoms. The van der Waals surface area contributed by atoms with Gasteiger partial charge in [-0.1, -0.05) is 30.3 Å². The summed E-state index contributed by atoms with van der Waals surface area (Å²) >= 11 is 0. The number of anilines is 1. The van der Waals surface area contributed by atoms with E-state index in [1.165, 1.54) is 30.5 Å². The lowest BCUT2D eigenvalue weighted by Gasteiger charge is -2.16. The number of benzene rings is 1. The van der Waals surface area contributed by atoms with Crippen LogP contribution in [0.1, 0.15) is 23.0 Å². The first kappa shape index (κ1) is 15.0. The van der Waals surface area contributed by atoms with Gasteiger partial charge in [-0.15, -0.1) is 0 Å². The highest BCUT2D eigenvalue weighted by atomic mass is 19.3. The van der Waals surface area contributed by atoms with Crippen LogP contribution >= 0.6 is 0 Å². The molecule has 7 heteroatoms. The predicted octanol–water partition coefficient (Wildman–Crippen LogP) is 2.43. The molecule has 0 saturated heterocycles. The fourth-order valence-corrected chi connectivity index (χ4v) is 1.85. The maximum Gasteiger partial charge on any atom is 0.361 e. The van der Waals surface area contributed by atoms with Gasteiger partial charge >= 0.3 is 5.97 Å². The van der Waals surface area contributed by atoms with Gasteiger partial charge in [0.25, 0.3) is 5.92 Å². The third-order valence-corrected chi connectivity index (χ3v) is 2.82. The van der Waals surface area contributed by atoms with Crippen LogP contribution in [0.15, 0.2) is 36.5 Å². The number of aromatic nitrogens is 2. The van der Waals surface area contributed by atoms with Gasteiger partial charge in [0.15, 0.2) is 5.69 Å². The summed E-state index contributed by atoms with van der Waals surface area (Å²) in [6.07, 6.45) is 1.20. The highest BCUT2D eigenvalue weighted by molar-refractivity contribution is 5.92. The topological polar surface area (TPSA) is 70.1 Å². The molecule has 0 aliphatic rings. The Bertz CT molecular complexity index is 626. The van der Waals surface area contributed by atoms with Crippen LogP contribution < -0.4 is 5.73 Å². The molecule has 2 N–H and O–H groups in total. The number of carbonyl (C=O) groups excluding carboxylic acids is 1. The molecule has 0 fully saturated rings. The minimum atomic E-state index is -3.12. The van der Waals surface area contributed by atoms with Crippen LogP contribution in [0.4, 0.5) is 14.5 Å². The first-order valence-corrected chi connectivity index (χ1v) is 6.37. The number of nitrogens with two attached hydrogens (primary N) is 1. The number of hydrogen-bond acceptors (Lipinski definition) is 4. The zero-order valence-corrected chi connectivity index (χ0v) is 11.4. The van der Waals surface area contributed by atoms with Gasteiger partial charge in [-0.25, -0.2) is 4.79 Å².